The van der Waals surface area contributed by atoms with Gasteiger partial charge in [-0.1, -0.05) is 19.9 Å². The fraction of sp³-hybridized carbons (Fsp3) is 0.778. The van der Waals surface area contributed by atoms with E-state index < -0.39 is 0 Å². The minimum atomic E-state index is -0.0260. The fourth-order valence-corrected chi connectivity index (χ4v) is 0.841. The zero-order chi connectivity index (χ0) is 8.20. The lowest BCUT2D eigenvalue weighted by Crippen LogP contribution is -2.32. The van der Waals surface area contributed by atoms with Crippen LogP contribution >= 0.6 is 0 Å². The predicted molar refractivity (Wildman–Crippen MR) is 45.1 cm³/mol. The molecule has 0 bridgehead atoms. The van der Waals surface area contributed by atoms with Gasteiger partial charge in [0, 0.05) is 7.11 Å². The van der Waals surface area contributed by atoms with E-state index in [0.29, 0.717) is 5.92 Å². The molecule has 0 aliphatic rings. The van der Waals surface area contributed by atoms with Crippen molar-refractivity contribution in [3.05, 3.63) is 12.7 Å². The Morgan fingerprint density at radius 1 is 1.60 bits per heavy atom. The quantitative estimate of drug-likeness (QED) is 0.548. The molecule has 0 rings (SSSR count). The molecule has 1 heteroatoms. The lowest BCUT2D eigenvalue weighted by atomic mass is 9.89. The SMILES string of the molecule is C=CC[C@](C)(OC)C(C)C. The van der Waals surface area contributed by atoms with Crippen LogP contribution in [0, 0.1) is 5.92 Å². The van der Waals surface area contributed by atoms with Gasteiger partial charge in [-0.2, -0.15) is 0 Å². The van der Waals surface area contributed by atoms with Gasteiger partial charge >= 0.3 is 0 Å². The van der Waals surface area contributed by atoms with E-state index in [0.717, 1.165) is 6.42 Å². The van der Waals surface area contributed by atoms with Crippen molar-refractivity contribution >= 4 is 0 Å². The molecule has 0 N–H and O–H groups in total. The smallest absolute Gasteiger partial charge is 0.0707 e. The van der Waals surface area contributed by atoms with Crippen LogP contribution in [0.15, 0.2) is 12.7 Å². The van der Waals surface area contributed by atoms with Gasteiger partial charge in [-0.15, -0.1) is 6.58 Å². The third kappa shape index (κ3) is 2.14. The van der Waals surface area contributed by atoms with Crippen molar-refractivity contribution in [2.24, 2.45) is 5.92 Å². The summed E-state index contributed by atoms with van der Waals surface area (Å²) in [6, 6.07) is 0. The molecule has 0 spiro atoms. The first kappa shape index (κ1) is 9.70. The van der Waals surface area contributed by atoms with Gasteiger partial charge in [-0.05, 0) is 19.3 Å². The van der Waals surface area contributed by atoms with Crippen LogP contribution in [0.3, 0.4) is 0 Å². The van der Waals surface area contributed by atoms with Crippen LogP contribution in [-0.4, -0.2) is 12.7 Å². The van der Waals surface area contributed by atoms with Gasteiger partial charge in [0.1, 0.15) is 0 Å². The zero-order valence-electron chi connectivity index (χ0n) is 7.48. The Bertz CT molecular complexity index is 107. The molecule has 0 aromatic rings. The van der Waals surface area contributed by atoms with E-state index in [1.807, 2.05) is 6.08 Å². The second-order valence-corrected chi connectivity index (χ2v) is 3.16. The van der Waals surface area contributed by atoms with Crippen molar-refractivity contribution in [3.63, 3.8) is 0 Å². The van der Waals surface area contributed by atoms with Crippen molar-refractivity contribution in [1.82, 2.24) is 0 Å². The van der Waals surface area contributed by atoms with E-state index in [1.165, 1.54) is 0 Å². The molecule has 0 aromatic carbocycles. The highest BCUT2D eigenvalue weighted by Crippen LogP contribution is 2.24. The molecular formula is C9H18O. The summed E-state index contributed by atoms with van der Waals surface area (Å²) < 4.78 is 5.37. The monoisotopic (exact) mass is 142 g/mol. The Hall–Kier alpha value is -0.300. The Morgan fingerprint density at radius 2 is 2.10 bits per heavy atom. The average Bonchev–Trinajstić information content (AvgIpc) is 1.88. The van der Waals surface area contributed by atoms with Crippen LogP contribution in [-0.2, 0) is 4.74 Å². The molecule has 1 atom stereocenters. The molecule has 10 heavy (non-hydrogen) atoms. The van der Waals surface area contributed by atoms with Crippen LogP contribution in [0.5, 0.6) is 0 Å². The van der Waals surface area contributed by atoms with Crippen LogP contribution in [0.4, 0.5) is 0 Å². The number of rotatable bonds is 4. The average molecular weight is 142 g/mol. The first-order valence-electron chi connectivity index (χ1n) is 3.73. The summed E-state index contributed by atoms with van der Waals surface area (Å²) in [5.41, 5.74) is -0.0260. The highest BCUT2D eigenvalue weighted by atomic mass is 16.5. The summed E-state index contributed by atoms with van der Waals surface area (Å²) in [4.78, 5) is 0. The van der Waals surface area contributed by atoms with E-state index in [9.17, 15) is 0 Å². The summed E-state index contributed by atoms with van der Waals surface area (Å²) in [5, 5.41) is 0. The van der Waals surface area contributed by atoms with Gasteiger partial charge < -0.3 is 4.74 Å². The van der Waals surface area contributed by atoms with E-state index >= 15 is 0 Å². The molecular weight excluding hydrogens is 124 g/mol. The third-order valence-corrected chi connectivity index (χ3v) is 2.24. The third-order valence-electron chi connectivity index (χ3n) is 2.24. The Labute approximate surface area is 64.1 Å². The van der Waals surface area contributed by atoms with E-state index in [2.05, 4.69) is 27.4 Å². The second kappa shape index (κ2) is 3.77. The summed E-state index contributed by atoms with van der Waals surface area (Å²) in [5.74, 6) is 0.537. The van der Waals surface area contributed by atoms with Crippen LogP contribution in [0.2, 0.25) is 0 Å². The molecule has 0 amide bonds. The lowest BCUT2D eigenvalue weighted by Gasteiger charge is -2.31. The normalized spacial score (nSPS) is 16.9. The number of hydrogen-bond donors (Lipinski definition) is 0. The molecule has 1 nitrogen and oxygen atoms in total. The van der Waals surface area contributed by atoms with E-state index in [1.54, 1.807) is 7.11 Å². The molecule has 60 valence electrons. The largest absolute Gasteiger partial charge is 0.378 e. The fourth-order valence-electron chi connectivity index (χ4n) is 0.841. The van der Waals surface area contributed by atoms with E-state index in [4.69, 9.17) is 4.74 Å². The highest BCUT2D eigenvalue weighted by molar-refractivity contribution is 4.86. The maximum Gasteiger partial charge on any atom is 0.0707 e. The standard InChI is InChI=1S/C9H18O/c1-6-7-9(4,10-5)8(2)3/h6,8H,1,7H2,2-5H3/t9-/m0/s1. The number of methoxy groups -OCH3 is 1. The summed E-state index contributed by atoms with van der Waals surface area (Å²) in [7, 11) is 1.75. The summed E-state index contributed by atoms with van der Waals surface area (Å²) in [6.07, 6.45) is 2.82. The Kier molecular flexibility index (Phi) is 3.66. The Morgan fingerprint density at radius 3 is 2.20 bits per heavy atom. The van der Waals surface area contributed by atoms with Gasteiger partial charge in [-0.3, -0.25) is 0 Å². The molecule has 0 fully saturated rings. The van der Waals surface area contributed by atoms with Crippen molar-refractivity contribution in [1.29, 1.82) is 0 Å². The van der Waals surface area contributed by atoms with Crippen LogP contribution in [0.25, 0.3) is 0 Å². The first-order chi connectivity index (χ1) is 4.56. The molecule has 0 saturated heterocycles. The molecule has 0 saturated carbocycles. The molecule has 0 aliphatic heterocycles. The summed E-state index contributed by atoms with van der Waals surface area (Å²) in [6.45, 7) is 10.1. The van der Waals surface area contributed by atoms with Crippen molar-refractivity contribution < 1.29 is 4.74 Å². The van der Waals surface area contributed by atoms with Crippen molar-refractivity contribution in [3.8, 4) is 0 Å². The van der Waals surface area contributed by atoms with Crippen LogP contribution < -0.4 is 0 Å². The number of ether oxygens (including phenoxy) is 1. The van der Waals surface area contributed by atoms with Gasteiger partial charge in [0.15, 0.2) is 0 Å². The van der Waals surface area contributed by atoms with Gasteiger partial charge in [0.25, 0.3) is 0 Å². The molecule has 0 radical (unpaired) electrons. The molecule has 0 unspecified atom stereocenters. The van der Waals surface area contributed by atoms with Gasteiger partial charge in [0.2, 0.25) is 0 Å². The van der Waals surface area contributed by atoms with Crippen molar-refractivity contribution in [2.45, 2.75) is 32.8 Å². The topological polar surface area (TPSA) is 9.23 Å². The molecule has 0 heterocycles. The minimum absolute atomic E-state index is 0.0260. The second-order valence-electron chi connectivity index (χ2n) is 3.16. The first-order valence-corrected chi connectivity index (χ1v) is 3.73. The maximum atomic E-state index is 5.37. The predicted octanol–water partition coefficient (Wildman–Crippen LogP) is 2.62. The Balaban J connectivity index is 4.07. The van der Waals surface area contributed by atoms with E-state index in [-0.39, 0.29) is 5.60 Å². The zero-order valence-corrected chi connectivity index (χ0v) is 7.48. The highest BCUT2D eigenvalue weighted by Gasteiger charge is 2.25. The van der Waals surface area contributed by atoms with Gasteiger partial charge in [-0.25, -0.2) is 0 Å². The summed E-state index contributed by atoms with van der Waals surface area (Å²) >= 11 is 0. The lowest BCUT2D eigenvalue weighted by molar-refractivity contribution is -0.0293. The van der Waals surface area contributed by atoms with Crippen LogP contribution in [0.1, 0.15) is 27.2 Å². The number of hydrogen-bond acceptors (Lipinski definition) is 1. The van der Waals surface area contributed by atoms with Crippen molar-refractivity contribution in [2.75, 3.05) is 7.11 Å². The van der Waals surface area contributed by atoms with Gasteiger partial charge in [0.05, 0.1) is 5.60 Å². The minimum Gasteiger partial charge on any atom is -0.378 e. The molecule has 0 aliphatic carbocycles. The molecule has 0 aromatic heterocycles. The maximum absolute atomic E-state index is 5.37.